The summed E-state index contributed by atoms with van der Waals surface area (Å²) >= 11 is 12.6. The highest BCUT2D eigenvalue weighted by molar-refractivity contribution is 7.80. The van der Waals surface area contributed by atoms with Crippen LogP contribution in [0.5, 0.6) is 5.75 Å². The second-order valence-corrected chi connectivity index (χ2v) is 10.4. The lowest BCUT2D eigenvalue weighted by Crippen LogP contribution is -2.29. The van der Waals surface area contributed by atoms with Crippen LogP contribution in [0.15, 0.2) is 72.9 Å². The molecule has 3 heterocycles. The second kappa shape index (κ2) is 12.3. The average molecular weight is 591 g/mol. The number of carbonyl (C=O) groups excluding carboxylic acids is 1. The Labute approximate surface area is 249 Å². The van der Waals surface area contributed by atoms with Gasteiger partial charge in [0.2, 0.25) is 0 Å². The quantitative estimate of drug-likeness (QED) is 0.142. The Bertz CT molecular complexity index is 1580. The summed E-state index contributed by atoms with van der Waals surface area (Å²) in [5.74, 6) is 0.176. The molecule has 0 spiro atoms. The zero-order valence-electron chi connectivity index (χ0n) is 23.3. The summed E-state index contributed by atoms with van der Waals surface area (Å²) in [5, 5.41) is 4.52. The summed E-state index contributed by atoms with van der Waals surface area (Å²) in [4.78, 5) is 19.4. The fraction of sp³-hybridized carbons (Fsp3) is 0.258. The third kappa shape index (κ3) is 5.53. The van der Waals surface area contributed by atoms with E-state index in [1.165, 1.54) is 7.11 Å². The number of hydrogen-bond acceptors (Lipinski definition) is 6. The lowest BCUT2D eigenvalue weighted by atomic mass is 9.96. The van der Waals surface area contributed by atoms with Gasteiger partial charge in [0.05, 0.1) is 47.8 Å². The van der Waals surface area contributed by atoms with Crippen molar-refractivity contribution in [2.45, 2.75) is 25.9 Å². The van der Waals surface area contributed by atoms with E-state index in [1.54, 1.807) is 19.4 Å². The molecule has 1 aliphatic heterocycles. The van der Waals surface area contributed by atoms with Gasteiger partial charge in [-0.1, -0.05) is 29.8 Å². The summed E-state index contributed by atoms with van der Waals surface area (Å²) < 4.78 is 18.0. The number of rotatable bonds is 9. The highest BCUT2D eigenvalue weighted by Crippen LogP contribution is 2.45. The molecule has 0 amide bonds. The van der Waals surface area contributed by atoms with Crippen LogP contribution in [0.3, 0.4) is 0 Å². The fourth-order valence-electron chi connectivity index (χ4n) is 5.35. The van der Waals surface area contributed by atoms with E-state index in [9.17, 15) is 4.79 Å². The number of aryl methyl sites for hydroxylation is 1. The Kier molecular flexibility index (Phi) is 8.58. The molecule has 8 nitrogen and oxygen atoms in total. The Balaban J connectivity index is 1.63. The molecule has 212 valence electrons. The number of benzene rings is 2. The van der Waals surface area contributed by atoms with Gasteiger partial charge in [-0.15, -0.1) is 0 Å². The summed E-state index contributed by atoms with van der Waals surface area (Å²) in [6.45, 7) is 4.92. The third-order valence-corrected chi connectivity index (χ3v) is 7.79. The van der Waals surface area contributed by atoms with Crippen LogP contribution in [-0.2, 0) is 9.47 Å². The normalized spacial score (nSPS) is 16.5. The Morgan fingerprint density at radius 2 is 1.83 bits per heavy atom. The van der Waals surface area contributed by atoms with Gasteiger partial charge < -0.3 is 29.0 Å². The monoisotopic (exact) mass is 590 g/mol. The number of ether oxygens (including phenoxy) is 3. The molecular weight excluding hydrogens is 560 g/mol. The number of hydrogen-bond donors (Lipinski definition) is 1. The Hall–Kier alpha value is -3.92. The van der Waals surface area contributed by atoms with Gasteiger partial charge in [0.1, 0.15) is 12.4 Å². The first-order valence-electron chi connectivity index (χ1n) is 13.1. The van der Waals surface area contributed by atoms with Crippen molar-refractivity contribution in [2.75, 3.05) is 32.3 Å². The fourth-order valence-corrected chi connectivity index (χ4v) is 5.92. The van der Waals surface area contributed by atoms with Gasteiger partial charge in [0, 0.05) is 30.4 Å². The average Bonchev–Trinajstić information content (AvgIpc) is 3.48. The van der Waals surface area contributed by atoms with E-state index in [2.05, 4.69) is 25.8 Å². The Morgan fingerprint density at radius 1 is 1.05 bits per heavy atom. The molecule has 4 aromatic rings. The molecule has 2 atom stereocenters. The van der Waals surface area contributed by atoms with Crippen molar-refractivity contribution < 1.29 is 19.0 Å². The maximum Gasteiger partial charge on any atom is 0.339 e. The zero-order valence-corrected chi connectivity index (χ0v) is 24.8. The minimum absolute atomic E-state index is 0.245. The van der Waals surface area contributed by atoms with Crippen LogP contribution in [0.4, 0.5) is 5.69 Å². The molecule has 1 fully saturated rings. The van der Waals surface area contributed by atoms with Crippen LogP contribution in [0, 0.1) is 13.8 Å². The molecule has 0 bridgehead atoms. The van der Waals surface area contributed by atoms with Crippen molar-refractivity contribution in [3.05, 3.63) is 106 Å². The summed E-state index contributed by atoms with van der Waals surface area (Å²) in [7, 11) is 3.01. The molecule has 1 N–H and O–H groups in total. The predicted octanol–water partition coefficient (Wildman–Crippen LogP) is 6.13. The first-order chi connectivity index (χ1) is 19.8. The van der Waals surface area contributed by atoms with E-state index in [4.69, 9.17) is 38.0 Å². The minimum atomic E-state index is -0.395. The van der Waals surface area contributed by atoms with Crippen molar-refractivity contribution in [3.63, 3.8) is 0 Å². The van der Waals surface area contributed by atoms with Crippen molar-refractivity contribution >= 4 is 40.6 Å². The number of aromatic nitrogens is 2. The van der Waals surface area contributed by atoms with Crippen molar-refractivity contribution in [1.82, 2.24) is 14.9 Å². The number of carbonyl (C=O) groups is 1. The molecule has 10 heteroatoms. The Morgan fingerprint density at radius 3 is 2.54 bits per heavy atom. The van der Waals surface area contributed by atoms with Crippen LogP contribution in [0.2, 0.25) is 5.02 Å². The smallest absolute Gasteiger partial charge is 0.339 e. The van der Waals surface area contributed by atoms with Crippen LogP contribution in [0.1, 0.15) is 45.1 Å². The number of nitrogens with one attached hydrogen (secondary N) is 1. The van der Waals surface area contributed by atoms with E-state index in [1.807, 2.05) is 68.4 Å². The molecule has 0 radical (unpaired) electrons. The number of thiocarbonyl (C=S) groups is 1. The molecular formula is C31H31ClN4O4S. The molecule has 5 rings (SSSR count). The van der Waals surface area contributed by atoms with Crippen LogP contribution in [0.25, 0.3) is 5.69 Å². The van der Waals surface area contributed by atoms with Gasteiger partial charge in [-0.05, 0) is 80.2 Å². The van der Waals surface area contributed by atoms with E-state index < -0.39 is 5.97 Å². The maximum absolute atomic E-state index is 12.6. The summed E-state index contributed by atoms with van der Waals surface area (Å²) in [6.07, 6.45) is 1.78. The van der Waals surface area contributed by atoms with E-state index in [0.717, 1.165) is 34.0 Å². The molecule has 0 saturated carbocycles. The van der Waals surface area contributed by atoms with E-state index in [0.29, 0.717) is 34.7 Å². The topological polar surface area (TPSA) is 77.9 Å². The van der Waals surface area contributed by atoms with E-state index >= 15 is 0 Å². The third-order valence-electron chi connectivity index (χ3n) is 7.18. The van der Waals surface area contributed by atoms with Gasteiger partial charge in [-0.3, -0.25) is 4.98 Å². The second-order valence-electron chi connectivity index (χ2n) is 9.62. The number of esters is 1. The molecule has 1 saturated heterocycles. The number of para-hydroxylation sites is 1. The van der Waals surface area contributed by atoms with Gasteiger partial charge in [0.25, 0.3) is 0 Å². The molecule has 1 aliphatic rings. The number of nitrogens with zero attached hydrogens (tertiary/aromatic N) is 3. The van der Waals surface area contributed by atoms with Crippen molar-refractivity contribution in [3.8, 4) is 11.4 Å². The molecule has 41 heavy (non-hydrogen) atoms. The van der Waals surface area contributed by atoms with Gasteiger partial charge in [0.15, 0.2) is 5.11 Å². The lowest BCUT2D eigenvalue weighted by molar-refractivity contribution is 0.0600. The first kappa shape index (κ1) is 28.6. The minimum Gasteiger partial charge on any atom is -0.490 e. The molecule has 2 aromatic heterocycles. The predicted molar refractivity (Wildman–Crippen MR) is 163 cm³/mol. The molecule has 0 aliphatic carbocycles. The lowest BCUT2D eigenvalue weighted by Gasteiger charge is -2.28. The maximum atomic E-state index is 12.6. The largest absolute Gasteiger partial charge is 0.490 e. The van der Waals surface area contributed by atoms with Crippen LogP contribution < -0.4 is 15.0 Å². The first-order valence-corrected chi connectivity index (χ1v) is 13.9. The number of halogens is 1. The highest BCUT2D eigenvalue weighted by atomic mass is 35.5. The summed E-state index contributed by atoms with van der Waals surface area (Å²) in [5.41, 5.74) is 5.86. The van der Waals surface area contributed by atoms with E-state index in [-0.39, 0.29) is 12.1 Å². The van der Waals surface area contributed by atoms with Crippen molar-refractivity contribution in [1.29, 1.82) is 0 Å². The van der Waals surface area contributed by atoms with Crippen LogP contribution >= 0.6 is 23.8 Å². The highest BCUT2D eigenvalue weighted by Gasteiger charge is 2.42. The van der Waals surface area contributed by atoms with Crippen molar-refractivity contribution in [2.24, 2.45) is 0 Å². The molecule has 0 unspecified atom stereocenters. The van der Waals surface area contributed by atoms with Gasteiger partial charge in [-0.2, -0.15) is 0 Å². The summed E-state index contributed by atoms with van der Waals surface area (Å²) in [6, 6.07) is 20.5. The molecule has 2 aromatic carbocycles. The standard InChI is InChI=1S/C31H31ClN4O4S/c1-19-17-23(20(2)35(19)26-11-6-5-9-22(26)30(37)39-4)29-28(25-10-7-8-14-33-25)34-31(41)36(29)21-12-13-27(24(32)18-21)40-16-15-38-3/h5-14,17-18,28-29H,15-16H2,1-4H3,(H,34,41)/t28-,29+/m0/s1. The zero-order chi connectivity index (χ0) is 29.1. The number of anilines is 1. The number of methoxy groups -OCH3 is 2. The SMILES string of the molecule is COCCOc1ccc(N2C(=S)N[C@@H](c3ccccn3)[C@H]2c2cc(C)n(-c3ccccc3C(=O)OC)c2C)cc1Cl. The number of pyridine rings is 1. The van der Waals surface area contributed by atoms with Gasteiger partial charge in [-0.25, -0.2) is 4.79 Å². The van der Waals surface area contributed by atoms with Crippen LogP contribution in [-0.4, -0.2) is 48.1 Å². The van der Waals surface area contributed by atoms with Gasteiger partial charge >= 0.3 is 5.97 Å².